The molecule has 1 amide bonds. The summed E-state index contributed by atoms with van der Waals surface area (Å²) in [5.41, 5.74) is 3.66. The maximum absolute atomic E-state index is 12.4. The van der Waals surface area contributed by atoms with E-state index in [1.54, 1.807) is 11.3 Å². The highest BCUT2D eigenvalue weighted by Gasteiger charge is 2.14. The Bertz CT molecular complexity index is 964. The number of amides is 1. The summed E-state index contributed by atoms with van der Waals surface area (Å²) >= 11 is 1.58. The molecule has 0 bridgehead atoms. The average Bonchev–Trinajstić information content (AvgIpc) is 3.06. The van der Waals surface area contributed by atoms with Gasteiger partial charge in [0.15, 0.2) is 0 Å². The molecule has 1 aromatic heterocycles. The van der Waals surface area contributed by atoms with Gasteiger partial charge < -0.3 is 15.1 Å². The van der Waals surface area contributed by atoms with Crippen LogP contribution in [-0.4, -0.2) is 60.3 Å². The Morgan fingerprint density at radius 1 is 1.31 bits per heavy atom. The van der Waals surface area contributed by atoms with Crippen LogP contribution >= 0.6 is 11.3 Å². The zero-order valence-corrected chi connectivity index (χ0v) is 18.6. The summed E-state index contributed by atoms with van der Waals surface area (Å²) in [6.45, 7) is 8.78. The lowest BCUT2D eigenvalue weighted by Crippen LogP contribution is -2.29. The maximum atomic E-state index is 12.4. The van der Waals surface area contributed by atoms with Crippen LogP contribution < -0.4 is 5.32 Å². The van der Waals surface area contributed by atoms with E-state index in [4.69, 9.17) is 0 Å². The lowest BCUT2D eigenvalue weighted by atomic mass is 10.2. The Labute approximate surface area is 176 Å². The summed E-state index contributed by atoms with van der Waals surface area (Å²) in [6, 6.07) is 5.68. The molecule has 2 heterocycles. The average molecular weight is 412 g/mol. The first-order chi connectivity index (χ1) is 13.9. The van der Waals surface area contributed by atoms with Gasteiger partial charge in [-0.15, -0.1) is 11.3 Å². The monoisotopic (exact) mass is 411 g/mol. The van der Waals surface area contributed by atoms with Crippen LogP contribution in [0.1, 0.15) is 42.6 Å². The number of rotatable bonds is 7. The maximum Gasteiger partial charge on any atom is 0.251 e. The number of hydrogen-bond donors (Lipinski definition) is 1. The van der Waals surface area contributed by atoms with Crippen LogP contribution in [0.2, 0.25) is 0 Å². The number of carbonyl (C=O) groups is 1. The molecule has 2 aromatic rings. The van der Waals surface area contributed by atoms with E-state index in [9.17, 15) is 4.79 Å². The zero-order valence-electron chi connectivity index (χ0n) is 17.8. The standard InChI is InChI=1S/C22H29N5OS/c1-6-27-15(2)12-18(24-16(27)3)14-21-25-19-9-8-17(13-20(19)29-21)22(28)23-10-7-11-26(4)5/h8-9,12-14H,6-7,10-11H2,1-5H3,(H,23,28)/b18-14-. The van der Waals surface area contributed by atoms with Crippen molar-refractivity contribution >= 4 is 39.4 Å². The fourth-order valence-corrected chi connectivity index (χ4v) is 4.30. The molecule has 1 aliphatic rings. The van der Waals surface area contributed by atoms with E-state index in [1.807, 2.05) is 45.3 Å². The van der Waals surface area contributed by atoms with Gasteiger partial charge in [0.05, 0.1) is 15.9 Å². The minimum Gasteiger partial charge on any atom is -0.352 e. The SMILES string of the molecule is CCN1C(C)=C/C(=C/c2nc3ccc(C(=O)NCCCN(C)C)cc3s2)N=C1C. The molecule has 7 heteroatoms. The molecule has 0 saturated carbocycles. The minimum absolute atomic E-state index is 0.0373. The van der Waals surface area contributed by atoms with Crippen LogP contribution in [-0.2, 0) is 0 Å². The van der Waals surface area contributed by atoms with Gasteiger partial charge in [-0.1, -0.05) is 0 Å². The molecule has 0 radical (unpaired) electrons. The van der Waals surface area contributed by atoms with Crippen molar-refractivity contribution in [1.82, 2.24) is 20.1 Å². The third kappa shape index (κ3) is 5.31. The van der Waals surface area contributed by atoms with Crippen LogP contribution in [0, 0.1) is 0 Å². The molecule has 154 valence electrons. The second-order valence-electron chi connectivity index (χ2n) is 7.41. The number of fused-ring (bicyclic) bond motifs is 1. The van der Waals surface area contributed by atoms with Gasteiger partial charge in [0.25, 0.3) is 5.91 Å². The smallest absolute Gasteiger partial charge is 0.251 e. The Hall–Kier alpha value is -2.51. The van der Waals surface area contributed by atoms with Crippen LogP contribution in [0.4, 0.5) is 0 Å². The highest BCUT2D eigenvalue weighted by molar-refractivity contribution is 7.19. The molecule has 3 rings (SSSR count). The van der Waals surface area contributed by atoms with Crippen molar-refractivity contribution in [3.8, 4) is 0 Å². The van der Waals surface area contributed by atoms with E-state index in [2.05, 4.69) is 45.0 Å². The quantitative estimate of drug-likeness (QED) is 0.700. The summed E-state index contributed by atoms with van der Waals surface area (Å²) < 4.78 is 1.00. The lowest BCUT2D eigenvalue weighted by Gasteiger charge is -2.26. The topological polar surface area (TPSA) is 60.8 Å². The second-order valence-corrected chi connectivity index (χ2v) is 8.47. The molecule has 0 atom stereocenters. The van der Waals surface area contributed by atoms with Gasteiger partial charge in [0, 0.05) is 24.4 Å². The number of aliphatic imine (C=N–C) groups is 1. The molecule has 0 spiro atoms. The van der Waals surface area contributed by atoms with Crippen molar-refractivity contribution in [2.45, 2.75) is 27.2 Å². The third-order valence-corrected chi connectivity index (χ3v) is 5.75. The van der Waals surface area contributed by atoms with Crippen molar-refractivity contribution in [1.29, 1.82) is 0 Å². The number of hydrogen-bond acceptors (Lipinski definition) is 6. The highest BCUT2D eigenvalue weighted by Crippen LogP contribution is 2.27. The zero-order chi connectivity index (χ0) is 21.0. The second kappa shape index (κ2) is 9.33. The van der Waals surface area contributed by atoms with E-state index in [1.165, 1.54) is 5.70 Å². The van der Waals surface area contributed by atoms with Gasteiger partial charge in [-0.05, 0) is 78.2 Å². The summed E-state index contributed by atoms with van der Waals surface area (Å²) in [4.78, 5) is 26.1. The predicted octanol–water partition coefficient (Wildman–Crippen LogP) is 3.98. The first-order valence-electron chi connectivity index (χ1n) is 9.93. The Morgan fingerprint density at radius 3 is 2.79 bits per heavy atom. The number of nitrogens with zero attached hydrogens (tertiary/aromatic N) is 4. The van der Waals surface area contributed by atoms with E-state index >= 15 is 0 Å². The van der Waals surface area contributed by atoms with Gasteiger partial charge in [0.2, 0.25) is 0 Å². The van der Waals surface area contributed by atoms with Crippen LogP contribution in [0.15, 0.2) is 40.7 Å². The normalized spacial score (nSPS) is 15.8. The molecule has 1 aliphatic heterocycles. The molecule has 0 aliphatic carbocycles. The summed E-state index contributed by atoms with van der Waals surface area (Å²) in [5.74, 6) is 0.956. The van der Waals surface area contributed by atoms with E-state index in [0.29, 0.717) is 12.1 Å². The van der Waals surface area contributed by atoms with Crippen molar-refractivity contribution in [2.75, 3.05) is 33.7 Å². The summed E-state index contributed by atoms with van der Waals surface area (Å²) in [5, 5.41) is 3.88. The molecule has 6 nitrogen and oxygen atoms in total. The molecule has 1 aromatic carbocycles. The Kier molecular flexibility index (Phi) is 6.82. The number of allylic oxidation sites excluding steroid dienone is 2. The fourth-order valence-electron chi connectivity index (χ4n) is 3.35. The van der Waals surface area contributed by atoms with Gasteiger partial charge >= 0.3 is 0 Å². The molecule has 1 N–H and O–H groups in total. The van der Waals surface area contributed by atoms with Crippen molar-refractivity contribution in [3.63, 3.8) is 0 Å². The van der Waals surface area contributed by atoms with Crippen LogP contribution in [0.25, 0.3) is 16.3 Å². The molecular formula is C22H29N5OS. The summed E-state index contributed by atoms with van der Waals surface area (Å²) in [7, 11) is 4.06. The molecule has 0 unspecified atom stereocenters. The number of carbonyl (C=O) groups excluding carboxylic acids is 1. The van der Waals surface area contributed by atoms with Gasteiger partial charge in [-0.2, -0.15) is 0 Å². The van der Waals surface area contributed by atoms with E-state index < -0.39 is 0 Å². The van der Waals surface area contributed by atoms with Crippen molar-refractivity contribution < 1.29 is 4.79 Å². The Balaban J connectivity index is 1.74. The molecule has 0 fully saturated rings. The minimum atomic E-state index is -0.0373. The van der Waals surface area contributed by atoms with Crippen LogP contribution in [0.3, 0.4) is 0 Å². The van der Waals surface area contributed by atoms with Gasteiger partial charge in [-0.3, -0.25) is 4.79 Å². The molecule has 0 saturated heterocycles. The molecule has 29 heavy (non-hydrogen) atoms. The van der Waals surface area contributed by atoms with Crippen molar-refractivity contribution in [3.05, 3.63) is 46.2 Å². The molecular weight excluding hydrogens is 382 g/mol. The Morgan fingerprint density at radius 2 is 2.10 bits per heavy atom. The highest BCUT2D eigenvalue weighted by atomic mass is 32.1. The fraction of sp³-hybridized carbons (Fsp3) is 0.409. The predicted molar refractivity (Wildman–Crippen MR) is 122 cm³/mol. The largest absolute Gasteiger partial charge is 0.352 e. The van der Waals surface area contributed by atoms with Crippen molar-refractivity contribution in [2.24, 2.45) is 4.99 Å². The summed E-state index contributed by atoms with van der Waals surface area (Å²) in [6.07, 6.45) is 5.02. The number of thiazole rings is 1. The third-order valence-electron chi connectivity index (χ3n) is 4.79. The van der Waals surface area contributed by atoms with E-state index in [-0.39, 0.29) is 5.91 Å². The first-order valence-corrected chi connectivity index (χ1v) is 10.8. The first kappa shape index (κ1) is 21.2. The number of aromatic nitrogens is 1. The van der Waals surface area contributed by atoms with Crippen LogP contribution in [0.5, 0.6) is 0 Å². The van der Waals surface area contributed by atoms with Gasteiger partial charge in [-0.25, -0.2) is 9.98 Å². The number of benzene rings is 1. The lowest BCUT2D eigenvalue weighted by molar-refractivity contribution is 0.0952. The van der Waals surface area contributed by atoms with Gasteiger partial charge in [0.1, 0.15) is 10.8 Å². The number of amidine groups is 1. The van der Waals surface area contributed by atoms with E-state index in [0.717, 1.165) is 46.3 Å². The number of nitrogens with one attached hydrogen (secondary N) is 1.